The predicted octanol–water partition coefficient (Wildman–Crippen LogP) is 1.37. The highest BCUT2D eigenvalue weighted by molar-refractivity contribution is 5.74. The van der Waals surface area contributed by atoms with Crippen LogP contribution >= 0.6 is 0 Å². The van der Waals surface area contributed by atoms with Crippen LogP contribution in [-0.4, -0.2) is 36.5 Å². The maximum atomic E-state index is 7.36. The van der Waals surface area contributed by atoms with Crippen molar-refractivity contribution in [2.45, 2.75) is 46.1 Å². The van der Waals surface area contributed by atoms with Gasteiger partial charge in [-0.15, -0.1) is 0 Å². The van der Waals surface area contributed by atoms with Gasteiger partial charge in [0.1, 0.15) is 0 Å². The zero-order valence-corrected chi connectivity index (χ0v) is 10.8. The van der Waals surface area contributed by atoms with Gasteiger partial charge in [0.15, 0.2) is 5.96 Å². The molecule has 0 unspecified atom stereocenters. The average molecular weight is 226 g/mol. The molecule has 1 rings (SSSR count). The van der Waals surface area contributed by atoms with E-state index in [9.17, 15) is 0 Å². The first-order valence-electron chi connectivity index (χ1n) is 6.21. The van der Waals surface area contributed by atoms with Crippen molar-refractivity contribution in [2.75, 3.05) is 19.6 Å². The van der Waals surface area contributed by atoms with Crippen molar-refractivity contribution in [1.82, 2.24) is 10.2 Å². The maximum Gasteiger partial charge on any atom is 0.188 e. The van der Waals surface area contributed by atoms with E-state index in [-0.39, 0.29) is 5.96 Å². The van der Waals surface area contributed by atoms with Gasteiger partial charge in [-0.1, -0.05) is 20.8 Å². The van der Waals surface area contributed by atoms with Gasteiger partial charge in [0, 0.05) is 19.1 Å². The molecule has 0 atom stereocenters. The highest BCUT2D eigenvalue weighted by atomic mass is 15.2. The first-order valence-corrected chi connectivity index (χ1v) is 6.21. The van der Waals surface area contributed by atoms with E-state index in [0.717, 1.165) is 32.5 Å². The quantitative estimate of drug-likeness (QED) is 0.503. The first kappa shape index (κ1) is 13.3. The lowest BCUT2D eigenvalue weighted by Crippen LogP contribution is -2.47. The summed E-state index contributed by atoms with van der Waals surface area (Å²) in [4.78, 5) is 1.95. The summed E-state index contributed by atoms with van der Waals surface area (Å²) in [6.07, 6.45) is 3.41. The Labute approximate surface area is 99.1 Å². The minimum absolute atomic E-state index is 0.216. The van der Waals surface area contributed by atoms with Gasteiger partial charge in [-0.2, -0.15) is 0 Å². The smallest absolute Gasteiger partial charge is 0.188 e. The highest BCUT2D eigenvalue weighted by Crippen LogP contribution is 2.18. The molecule has 4 heteroatoms. The Balaban J connectivity index is 2.15. The van der Waals surface area contributed by atoms with Crippen molar-refractivity contribution < 1.29 is 0 Å². The van der Waals surface area contributed by atoms with E-state index in [0.29, 0.717) is 11.5 Å². The molecular formula is C12H26N4. The number of nitrogens with one attached hydrogen (secondary N) is 2. The summed E-state index contributed by atoms with van der Waals surface area (Å²) in [5.74, 6) is 0.216. The molecule has 1 aliphatic heterocycles. The second kappa shape index (κ2) is 5.53. The van der Waals surface area contributed by atoms with Gasteiger partial charge in [-0.25, -0.2) is 0 Å². The van der Waals surface area contributed by atoms with Gasteiger partial charge in [0.2, 0.25) is 0 Å². The standard InChI is InChI=1S/C12H26N4/c1-12(2,3)6-7-15-10-4-8-16(9-5-10)11(13)14/h10,15H,4-9H2,1-3H3,(H3,13,14). The average Bonchev–Trinajstić information content (AvgIpc) is 2.16. The molecular weight excluding hydrogens is 200 g/mol. The van der Waals surface area contributed by atoms with Crippen LogP contribution in [0.25, 0.3) is 0 Å². The second-order valence-electron chi connectivity index (χ2n) is 5.91. The number of hydrogen-bond acceptors (Lipinski definition) is 2. The molecule has 1 saturated heterocycles. The number of piperidine rings is 1. The largest absolute Gasteiger partial charge is 0.370 e. The summed E-state index contributed by atoms with van der Waals surface area (Å²) in [7, 11) is 0. The molecule has 4 N–H and O–H groups in total. The molecule has 94 valence electrons. The third kappa shape index (κ3) is 4.84. The molecule has 0 aromatic carbocycles. The van der Waals surface area contributed by atoms with Crippen LogP contribution in [0, 0.1) is 10.8 Å². The Morgan fingerprint density at radius 3 is 2.38 bits per heavy atom. The molecule has 0 aromatic rings. The van der Waals surface area contributed by atoms with Crippen LogP contribution in [0.2, 0.25) is 0 Å². The Morgan fingerprint density at radius 2 is 1.94 bits per heavy atom. The maximum absolute atomic E-state index is 7.36. The number of likely N-dealkylation sites (tertiary alicyclic amines) is 1. The summed E-state index contributed by atoms with van der Waals surface area (Å²) < 4.78 is 0. The SMILES string of the molecule is CC(C)(C)CCNC1CCN(C(=N)N)CC1. The zero-order chi connectivity index (χ0) is 12.2. The minimum Gasteiger partial charge on any atom is -0.370 e. The van der Waals surface area contributed by atoms with Gasteiger partial charge in [-0.3, -0.25) is 5.41 Å². The summed E-state index contributed by atoms with van der Waals surface area (Å²) >= 11 is 0. The van der Waals surface area contributed by atoms with Crippen molar-refractivity contribution in [1.29, 1.82) is 5.41 Å². The molecule has 0 bridgehead atoms. The van der Waals surface area contributed by atoms with E-state index in [1.807, 2.05) is 4.90 Å². The van der Waals surface area contributed by atoms with Crippen LogP contribution in [0.5, 0.6) is 0 Å². The molecule has 0 aliphatic carbocycles. The fraction of sp³-hybridized carbons (Fsp3) is 0.917. The summed E-state index contributed by atoms with van der Waals surface area (Å²) in [5, 5.41) is 11.0. The molecule has 1 heterocycles. The van der Waals surface area contributed by atoms with Crippen molar-refractivity contribution in [3.63, 3.8) is 0 Å². The molecule has 0 aromatic heterocycles. The lowest BCUT2D eigenvalue weighted by atomic mass is 9.92. The van der Waals surface area contributed by atoms with Crippen molar-refractivity contribution in [3.05, 3.63) is 0 Å². The minimum atomic E-state index is 0.216. The van der Waals surface area contributed by atoms with Crippen molar-refractivity contribution in [2.24, 2.45) is 11.1 Å². The molecule has 0 amide bonds. The Bertz CT molecular complexity index is 224. The lowest BCUT2D eigenvalue weighted by Gasteiger charge is -2.33. The Hall–Kier alpha value is -0.770. The number of hydrogen-bond donors (Lipinski definition) is 3. The van der Waals surface area contributed by atoms with E-state index >= 15 is 0 Å². The van der Waals surface area contributed by atoms with Crippen LogP contribution in [-0.2, 0) is 0 Å². The van der Waals surface area contributed by atoms with E-state index in [4.69, 9.17) is 11.1 Å². The van der Waals surface area contributed by atoms with Crippen LogP contribution < -0.4 is 11.1 Å². The Morgan fingerprint density at radius 1 is 1.38 bits per heavy atom. The molecule has 16 heavy (non-hydrogen) atoms. The number of guanidine groups is 1. The zero-order valence-electron chi connectivity index (χ0n) is 10.8. The van der Waals surface area contributed by atoms with Gasteiger partial charge < -0.3 is 16.0 Å². The van der Waals surface area contributed by atoms with E-state index in [1.54, 1.807) is 0 Å². The molecule has 0 radical (unpaired) electrons. The summed E-state index contributed by atoms with van der Waals surface area (Å²) in [6, 6.07) is 0.609. The highest BCUT2D eigenvalue weighted by Gasteiger charge is 2.19. The normalized spacial score (nSPS) is 18.8. The second-order valence-corrected chi connectivity index (χ2v) is 5.91. The van der Waals surface area contributed by atoms with Gasteiger partial charge in [0.05, 0.1) is 0 Å². The fourth-order valence-corrected chi connectivity index (χ4v) is 1.98. The predicted molar refractivity (Wildman–Crippen MR) is 68.6 cm³/mol. The molecule has 1 aliphatic rings. The van der Waals surface area contributed by atoms with Crippen LogP contribution in [0.1, 0.15) is 40.0 Å². The van der Waals surface area contributed by atoms with E-state index in [2.05, 4.69) is 26.1 Å². The summed E-state index contributed by atoms with van der Waals surface area (Å²) in [5.41, 5.74) is 5.87. The van der Waals surface area contributed by atoms with Crippen LogP contribution in [0.15, 0.2) is 0 Å². The van der Waals surface area contributed by atoms with Gasteiger partial charge in [0.25, 0.3) is 0 Å². The topological polar surface area (TPSA) is 65.1 Å². The molecule has 1 fully saturated rings. The lowest BCUT2D eigenvalue weighted by molar-refractivity contribution is 0.268. The monoisotopic (exact) mass is 226 g/mol. The van der Waals surface area contributed by atoms with Crippen molar-refractivity contribution >= 4 is 5.96 Å². The number of nitrogens with two attached hydrogens (primary N) is 1. The first-order chi connectivity index (χ1) is 7.38. The molecule has 0 spiro atoms. The van der Waals surface area contributed by atoms with Gasteiger partial charge in [-0.05, 0) is 31.2 Å². The third-order valence-electron chi connectivity index (χ3n) is 3.14. The van der Waals surface area contributed by atoms with E-state index in [1.165, 1.54) is 6.42 Å². The van der Waals surface area contributed by atoms with Gasteiger partial charge >= 0.3 is 0 Å². The number of nitrogens with zero attached hydrogens (tertiary/aromatic N) is 1. The third-order valence-corrected chi connectivity index (χ3v) is 3.14. The van der Waals surface area contributed by atoms with Crippen LogP contribution in [0.4, 0.5) is 0 Å². The van der Waals surface area contributed by atoms with E-state index < -0.39 is 0 Å². The summed E-state index contributed by atoms with van der Waals surface area (Å²) in [6.45, 7) is 9.74. The molecule has 4 nitrogen and oxygen atoms in total. The fourth-order valence-electron chi connectivity index (χ4n) is 1.98. The number of rotatable bonds is 3. The van der Waals surface area contributed by atoms with Crippen molar-refractivity contribution in [3.8, 4) is 0 Å². The molecule has 0 saturated carbocycles. The van der Waals surface area contributed by atoms with Crippen LogP contribution in [0.3, 0.4) is 0 Å². The Kier molecular flexibility index (Phi) is 4.59.